The molecule has 0 N–H and O–H groups in total. The topological polar surface area (TPSA) is 99.4 Å². The van der Waals surface area contributed by atoms with Crippen LogP contribution in [-0.4, -0.2) is 58.5 Å². The molecule has 0 bridgehead atoms. The second-order valence-corrected chi connectivity index (χ2v) is 8.28. The highest BCUT2D eigenvalue weighted by Gasteiger charge is 2.33. The zero-order valence-corrected chi connectivity index (χ0v) is 15.9. The Bertz CT molecular complexity index is 852. The first kappa shape index (κ1) is 18.6. The summed E-state index contributed by atoms with van der Waals surface area (Å²) >= 11 is 0. The van der Waals surface area contributed by atoms with Gasteiger partial charge in [-0.05, 0) is 26.7 Å². The van der Waals surface area contributed by atoms with Crippen molar-refractivity contribution in [3.8, 4) is 11.8 Å². The van der Waals surface area contributed by atoms with Crippen LogP contribution in [-0.2, 0) is 10.0 Å². The lowest BCUT2D eigenvalue weighted by Gasteiger charge is -2.31. The second kappa shape index (κ2) is 7.58. The number of ether oxygens (including phenoxy) is 2. The molecular formula is C16H23N5O4S. The Morgan fingerprint density at radius 1 is 1.27 bits per heavy atom. The first-order chi connectivity index (χ1) is 12.4. The zero-order valence-electron chi connectivity index (χ0n) is 15.1. The fraction of sp³-hybridized carbons (Fsp3) is 0.562. The maximum Gasteiger partial charge on any atom is 0.262 e. The predicted octanol–water partition coefficient (Wildman–Crippen LogP) is 1.49. The summed E-state index contributed by atoms with van der Waals surface area (Å²) in [5.74, 6) is 0.666. The second-order valence-electron chi connectivity index (χ2n) is 6.40. The van der Waals surface area contributed by atoms with Crippen molar-refractivity contribution in [1.29, 1.82) is 0 Å². The third-order valence-corrected chi connectivity index (χ3v) is 5.96. The lowest BCUT2D eigenvalue weighted by Crippen LogP contribution is -2.44. The number of hydrogen-bond acceptors (Lipinski definition) is 7. The van der Waals surface area contributed by atoms with Crippen LogP contribution in [0.25, 0.3) is 0 Å². The number of aromatic nitrogens is 4. The summed E-state index contributed by atoms with van der Waals surface area (Å²) in [6.07, 6.45) is 7.22. The van der Waals surface area contributed by atoms with Crippen molar-refractivity contribution < 1.29 is 17.9 Å². The van der Waals surface area contributed by atoms with E-state index in [2.05, 4.69) is 15.0 Å². The third-order valence-electron chi connectivity index (χ3n) is 4.21. The van der Waals surface area contributed by atoms with Crippen molar-refractivity contribution in [1.82, 2.24) is 23.8 Å². The van der Waals surface area contributed by atoms with E-state index in [0.29, 0.717) is 24.7 Å². The lowest BCUT2D eigenvalue weighted by atomic mass is 10.1. The van der Waals surface area contributed by atoms with Gasteiger partial charge in [-0.15, -0.1) is 0 Å². The highest BCUT2D eigenvalue weighted by Crippen LogP contribution is 2.23. The molecule has 142 valence electrons. The molecule has 26 heavy (non-hydrogen) atoms. The number of nitrogens with zero attached hydrogens (tertiary/aromatic N) is 5. The largest absolute Gasteiger partial charge is 0.480 e. The molecule has 0 saturated carbocycles. The third kappa shape index (κ3) is 3.96. The lowest BCUT2D eigenvalue weighted by molar-refractivity contribution is 0.123. The van der Waals surface area contributed by atoms with Crippen LogP contribution in [0.1, 0.15) is 32.7 Å². The first-order valence-electron chi connectivity index (χ1n) is 8.46. The number of hydrogen-bond donors (Lipinski definition) is 0. The van der Waals surface area contributed by atoms with Gasteiger partial charge in [0.05, 0.1) is 32.4 Å². The van der Waals surface area contributed by atoms with Gasteiger partial charge in [-0.1, -0.05) is 0 Å². The summed E-state index contributed by atoms with van der Waals surface area (Å²) in [6, 6.07) is 0.149. The molecule has 0 aliphatic carbocycles. The summed E-state index contributed by atoms with van der Waals surface area (Å²) in [4.78, 5) is 12.2. The van der Waals surface area contributed by atoms with Crippen LogP contribution in [0.15, 0.2) is 29.9 Å². The number of rotatable bonds is 6. The number of piperidine rings is 1. The van der Waals surface area contributed by atoms with Crippen LogP contribution in [0.5, 0.6) is 11.8 Å². The van der Waals surface area contributed by atoms with Gasteiger partial charge in [-0.25, -0.2) is 13.4 Å². The minimum Gasteiger partial charge on any atom is -0.480 e. The quantitative estimate of drug-likeness (QED) is 0.747. The van der Waals surface area contributed by atoms with E-state index in [1.807, 2.05) is 13.8 Å². The van der Waals surface area contributed by atoms with Crippen LogP contribution in [0.4, 0.5) is 0 Å². The first-order valence-corrected chi connectivity index (χ1v) is 9.90. The fourth-order valence-corrected chi connectivity index (χ4v) is 4.17. The van der Waals surface area contributed by atoms with Crippen molar-refractivity contribution in [2.45, 2.75) is 43.9 Å². The Morgan fingerprint density at radius 2 is 2.04 bits per heavy atom. The van der Waals surface area contributed by atoms with Gasteiger partial charge in [0.15, 0.2) is 5.03 Å². The maximum atomic E-state index is 12.9. The average molecular weight is 381 g/mol. The van der Waals surface area contributed by atoms with Crippen LogP contribution in [0.3, 0.4) is 0 Å². The molecule has 10 heteroatoms. The molecule has 0 spiro atoms. The van der Waals surface area contributed by atoms with Gasteiger partial charge < -0.3 is 14.0 Å². The minimum atomic E-state index is -3.65. The molecule has 9 nitrogen and oxygen atoms in total. The summed E-state index contributed by atoms with van der Waals surface area (Å²) in [5, 5.41) is 0.0630. The average Bonchev–Trinajstić information content (AvgIpc) is 3.13. The Morgan fingerprint density at radius 3 is 2.73 bits per heavy atom. The van der Waals surface area contributed by atoms with Gasteiger partial charge >= 0.3 is 0 Å². The molecular weight excluding hydrogens is 358 g/mol. The van der Waals surface area contributed by atoms with E-state index < -0.39 is 10.0 Å². The molecule has 0 radical (unpaired) electrons. The van der Waals surface area contributed by atoms with Crippen LogP contribution in [0, 0.1) is 0 Å². The molecule has 0 aromatic carbocycles. The Balaban J connectivity index is 1.72. The van der Waals surface area contributed by atoms with Crippen LogP contribution in [0.2, 0.25) is 0 Å². The molecule has 1 fully saturated rings. The molecule has 1 aliphatic heterocycles. The van der Waals surface area contributed by atoms with E-state index >= 15 is 0 Å². The van der Waals surface area contributed by atoms with E-state index in [-0.39, 0.29) is 23.7 Å². The van der Waals surface area contributed by atoms with Crippen molar-refractivity contribution in [3.05, 3.63) is 24.9 Å². The van der Waals surface area contributed by atoms with E-state index in [1.54, 1.807) is 17.1 Å². The van der Waals surface area contributed by atoms with Gasteiger partial charge in [-0.3, -0.25) is 4.98 Å². The van der Waals surface area contributed by atoms with Crippen molar-refractivity contribution in [2.24, 2.45) is 0 Å². The van der Waals surface area contributed by atoms with E-state index in [1.165, 1.54) is 23.8 Å². The summed E-state index contributed by atoms with van der Waals surface area (Å²) in [7, 11) is -2.15. The maximum absolute atomic E-state index is 12.9. The molecule has 1 unspecified atom stereocenters. The van der Waals surface area contributed by atoms with E-state index in [9.17, 15) is 8.42 Å². The molecule has 3 rings (SSSR count). The number of sulfonamides is 1. The SMILES string of the molecule is COc1cncc(OC2CCCN(S(=O)(=O)c3cn(C(C)C)cn3)C2)n1. The summed E-state index contributed by atoms with van der Waals surface area (Å²) < 4.78 is 39.8. The molecule has 3 heterocycles. The molecule has 1 atom stereocenters. The Hall–Kier alpha value is -2.20. The van der Waals surface area contributed by atoms with Crippen LogP contribution >= 0.6 is 0 Å². The Labute approximate surface area is 153 Å². The molecule has 1 aliphatic rings. The van der Waals surface area contributed by atoms with Crippen molar-refractivity contribution in [2.75, 3.05) is 20.2 Å². The van der Waals surface area contributed by atoms with Gasteiger partial charge in [0, 0.05) is 18.8 Å². The highest BCUT2D eigenvalue weighted by molar-refractivity contribution is 7.89. The van der Waals surface area contributed by atoms with E-state index in [4.69, 9.17) is 9.47 Å². The Kier molecular flexibility index (Phi) is 5.42. The zero-order chi connectivity index (χ0) is 18.7. The standard InChI is InChI=1S/C16H23N5O4S/c1-12(2)20-10-16(18-11-20)26(22,23)21-6-4-5-13(9-21)25-15-8-17-7-14(19-15)24-3/h7-8,10-13H,4-6,9H2,1-3H3. The van der Waals surface area contributed by atoms with Crippen molar-refractivity contribution in [3.63, 3.8) is 0 Å². The predicted molar refractivity (Wildman–Crippen MR) is 93.6 cm³/mol. The fourth-order valence-electron chi connectivity index (χ4n) is 2.74. The summed E-state index contributed by atoms with van der Waals surface area (Å²) in [5.41, 5.74) is 0. The van der Waals surface area contributed by atoms with Gasteiger partial charge in [0.25, 0.3) is 10.0 Å². The number of imidazole rings is 1. The van der Waals surface area contributed by atoms with Gasteiger partial charge in [0.2, 0.25) is 11.8 Å². The summed E-state index contributed by atoms with van der Waals surface area (Å²) in [6.45, 7) is 4.63. The monoisotopic (exact) mass is 381 g/mol. The normalized spacial score (nSPS) is 18.8. The molecule has 0 amide bonds. The highest BCUT2D eigenvalue weighted by atomic mass is 32.2. The minimum absolute atomic E-state index is 0.0630. The molecule has 1 saturated heterocycles. The smallest absolute Gasteiger partial charge is 0.262 e. The molecule has 2 aromatic heterocycles. The van der Waals surface area contributed by atoms with Crippen LogP contribution < -0.4 is 9.47 Å². The van der Waals surface area contributed by atoms with Gasteiger partial charge in [0.1, 0.15) is 6.10 Å². The van der Waals surface area contributed by atoms with Gasteiger partial charge in [-0.2, -0.15) is 9.29 Å². The van der Waals surface area contributed by atoms with E-state index in [0.717, 1.165) is 6.42 Å². The molecule has 2 aromatic rings. The number of methoxy groups -OCH3 is 1. The van der Waals surface area contributed by atoms with Crippen molar-refractivity contribution >= 4 is 10.0 Å².